The number of rotatable bonds is 4. The highest BCUT2D eigenvalue weighted by Gasteiger charge is 1.96. The zero-order valence-electron chi connectivity index (χ0n) is 8.22. The molecule has 0 saturated heterocycles. The molecule has 0 amide bonds. The van der Waals surface area contributed by atoms with Crippen LogP contribution >= 0.6 is 20.2 Å². The normalized spacial score (nSPS) is 10.9. The average Bonchev–Trinajstić information content (AvgIpc) is 2.29. The Labute approximate surface area is 95.1 Å². The zero-order valence-corrected chi connectivity index (χ0v) is 9.93. The molecule has 2 rings (SSSR count). The van der Waals surface area contributed by atoms with Crippen molar-refractivity contribution in [1.29, 1.82) is 0 Å². The molecule has 0 saturated carbocycles. The molecule has 0 fully saturated rings. The van der Waals surface area contributed by atoms with Crippen LogP contribution in [0.4, 0.5) is 0 Å². The molecule has 0 aliphatic rings. The van der Waals surface area contributed by atoms with Crippen molar-refractivity contribution in [1.82, 2.24) is 0 Å². The zero-order chi connectivity index (χ0) is 10.5. The van der Waals surface area contributed by atoms with E-state index in [0.717, 1.165) is 11.9 Å². The molecule has 0 bridgehead atoms. The van der Waals surface area contributed by atoms with Gasteiger partial charge >= 0.3 is 0 Å². The summed E-state index contributed by atoms with van der Waals surface area (Å²) in [5, 5.41) is 2.53. The number of benzene rings is 2. The standard InChI is InChI=1S/C12H11OPS/c13-14-7-8-15-12-6-5-10-3-1-2-4-11(10)9-12/h1-6,9H,7-8H2. The van der Waals surface area contributed by atoms with Crippen molar-refractivity contribution in [2.45, 2.75) is 4.90 Å². The lowest BCUT2D eigenvalue weighted by Gasteiger charge is -2.01. The molecule has 3 heteroatoms. The van der Waals surface area contributed by atoms with Gasteiger partial charge in [-0.3, -0.25) is 4.57 Å². The predicted molar refractivity (Wildman–Crippen MR) is 67.1 cm³/mol. The van der Waals surface area contributed by atoms with Gasteiger partial charge in [-0.05, 0) is 22.9 Å². The van der Waals surface area contributed by atoms with Gasteiger partial charge in [0, 0.05) is 16.8 Å². The van der Waals surface area contributed by atoms with E-state index in [4.69, 9.17) is 0 Å². The lowest BCUT2D eigenvalue weighted by molar-refractivity contribution is 0.599. The van der Waals surface area contributed by atoms with Crippen LogP contribution in [-0.4, -0.2) is 11.9 Å². The summed E-state index contributed by atoms with van der Waals surface area (Å²) in [5.74, 6) is 0.906. The third kappa shape index (κ3) is 2.80. The van der Waals surface area contributed by atoms with Gasteiger partial charge < -0.3 is 0 Å². The van der Waals surface area contributed by atoms with Gasteiger partial charge in [0.15, 0.2) is 8.46 Å². The highest BCUT2D eigenvalue weighted by atomic mass is 32.2. The third-order valence-corrected chi connectivity index (χ3v) is 3.88. The Bertz CT molecular complexity index is 470. The van der Waals surface area contributed by atoms with Crippen LogP contribution in [0.5, 0.6) is 0 Å². The first kappa shape index (κ1) is 10.7. The van der Waals surface area contributed by atoms with Gasteiger partial charge in [0.05, 0.1) is 0 Å². The molecule has 0 heterocycles. The molecule has 2 aromatic carbocycles. The topological polar surface area (TPSA) is 17.1 Å². The number of hydrogen-bond acceptors (Lipinski definition) is 2. The van der Waals surface area contributed by atoms with E-state index >= 15 is 0 Å². The van der Waals surface area contributed by atoms with Crippen LogP contribution < -0.4 is 0 Å². The maximum Gasteiger partial charge on any atom is 0.156 e. The maximum absolute atomic E-state index is 10.3. The number of thioether (sulfide) groups is 1. The van der Waals surface area contributed by atoms with Gasteiger partial charge in [0.1, 0.15) is 0 Å². The van der Waals surface area contributed by atoms with Crippen LogP contribution in [0.1, 0.15) is 0 Å². The van der Waals surface area contributed by atoms with Gasteiger partial charge in [-0.2, -0.15) is 0 Å². The molecular weight excluding hydrogens is 223 g/mol. The minimum absolute atomic E-state index is 0.237. The molecule has 0 aromatic heterocycles. The van der Waals surface area contributed by atoms with E-state index < -0.39 is 0 Å². The summed E-state index contributed by atoms with van der Waals surface area (Å²) in [6.07, 6.45) is 0.720. The minimum Gasteiger partial charge on any atom is -0.275 e. The largest absolute Gasteiger partial charge is 0.275 e. The lowest BCUT2D eigenvalue weighted by atomic mass is 10.1. The Morgan fingerprint density at radius 3 is 2.67 bits per heavy atom. The van der Waals surface area contributed by atoms with Crippen molar-refractivity contribution in [3.63, 3.8) is 0 Å². The molecule has 0 aliphatic carbocycles. The molecule has 1 nitrogen and oxygen atoms in total. The smallest absolute Gasteiger partial charge is 0.156 e. The fourth-order valence-corrected chi connectivity index (χ4v) is 2.73. The first-order valence-electron chi connectivity index (χ1n) is 4.81. The summed E-state index contributed by atoms with van der Waals surface area (Å²) >= 11 is 1.75. The summed E-state index contributed by atoms with van der Waals surface area (Å²) in [5.41, 5.74) is 0. The van der Waals surface area contributed by atoms with Crippen molar-refractivity contribution in [2.75, 3.05) is 11.9 Å². The molecule has 76 valence electrons. The van der Waals surface area contributed by atoms with E-state index in [1.807, 2.05) is 12.1 Å². The van der Waals surface area contributed by atoms with Crippen molar-refractivity contribution in [3.8, 4) is 0 Å². The second kappa shape index (κ2) is 5.29. The van der Waals surface area contributed by atoms with E-state index in [1.54, 1.807) is 11.8 Å². The van der Waals surface area contributed by atoms with Crippen LogP contribution in [0.15, 0.2) is 47.4 Å². The molecule has 15 heavy (non-hydrogen) atoms. The highest BCUT2D eigenvalue weighted by Crippen LogP contribution is 2.23. The van der Waals surface area contributed by atoms with Gasteiger partial charge in [-0.25, -0.2) is 0 Å². The van der Waals surface area contributed by atoms with Gasteiger partial charge in [-0.1, -0.05) is 30.3 Å². The quantitative estimate of drug-likeness (QED) is 0.447. The molecule has 0 spiro atoms. The Balaban J connectivity index is 2.19. The number of hydrogen-bond donors (Lipinski definition) is 0. The van der Waals surface area contributed by atoms with Crippen molar-refractivity contribution < 1.29 is 4.57 Å². The van der Waals surface area contributed by atoms with Crippen LogP contribution in [0.3, 0.4) is 0 Å². The average molecular weight is 234 g/mol. The Hall–Kier alpha value is -0.850. The van der Waals surface area contributed by atoms with Crippen molar-refractivity contribution in [2.24, 2.45) is 0 Å². The second-order valence-electron chi connectivity index (χ2n) is 3.21. The highest BCUT2D eigenvalue weighted by molar-refractivity contribution is 7.99. The van der Waals surface area contributed by atoms with Crippen molar-refractivity contribution in [3.05, 3.63) is 42.5 Å². The van der Waals surface area contributed by atoms with E-state index in [1.165, 1.54) is 15.7 Å². The van der Waals surface area contributed by atoms with Crippen molar-refractivity contribution >= 4 is 31.0 Å². The summed E-state index contributed by atoms with van der Waals surface area (Å²) in [4.78, 5) is 1.25. The van der Waals surface area contributed by atoms with Crippen LogP contribution in [0, 0.1) is 0 Å². The van der Waals surface area contributed by atoms with Gasteiger partial charge in [-0.15, -0.1) is 11.8 Å². The summed E-state index contributed by atoms with van der Waals surface area (Å²) in [7, 11) is 0.237. The first-order valence-corrected chi connectivity index (χ1v) is 6.79. The minimum atomic E-state index is 0.237. The SMILES string of the molecule is O=PCCSc1ccc2ccccc2c1. The maximum atomic E-state index is 10.3. The van der Waals surface area contributed by atoms with E-state index in [9.17, 15) is 4.57 Å². The molecule has 2 aromatic rings. The van der Waals surface area contributed by atoms with Crippen LogP contribution in [0.2, 0.25) is 0 Å². The third-order valence-electron chi connectivity index (χ3n) is 2.17. The fourth-order valence-electron chi connectivity index (χ4n) is 1.46. The summed E-state index contributed by atoms with van der Waals surface area (Å²) < 4.78 is 10.3. The van der Waals surface area contributed by atoms with Crippen LogP contribution in [0.25, 0.3) is 10.8 Å². The Kier molecular flexibility index (Phi) is 3.76. The summed E-state index contributed by atoms with van der Waals surface area (Å²) in [6, 6.07) is 14.8. The van der Waals surface area contributed by atoms with Gasteiger partial charge in [0.2, 0.25) is 0 Å². The first-order chi connectivity index (χ1) is 7.40. The predicted octanol–water partition coefficient (Wildman–Crippen LogP) is 4.22. The second-order valence-corrected chi connectivity index (χ2v) is 5.08. The van der Waals surface area contributed by atoms with Crippen LogP contribution in [-0.2, 0) is 4.57 Å². The monoisotopic (exact) mass is 234 g/mol. The Morgan fingerprint density at radius 1 is 1.07 bits per heavy atom. The molecule has 0 atom stereocenters. The lowest BCUT2D eigenvalue weighted by Crippen LogP contribution is -1.80. The van der Waals surface area contributed by atoms with E-state index in [-0.39, 0.29) is 8.46 Å². The molecule has 0 aliphatic heterocycles. The Morgan fingerprint density at radius 2 is 1.87 bits per heavy atom. The van der Waals surface area contributed by atoms with E-state index in [2.05, 4.69) is 30.3 Å². The van der Waals surface area contributed by atoms with Gasteiger partial charge in [0.25, 0.3) is 0 Å². The molecule has 0 unspecified atom stereocenters. The summed E-state index contributed by atoms with van der Waals surface area (Å²) in [6.45, 7) is 0. The van der Waals surface area contributed by atoms with E-state index in [0.29, 0.717) is 0 Å². The molecule has 0 N–H and O–H groups in total. The molecule has 0 radical (unpaired) electrons. The number of fused-ring (bicyclic) bond motifs is 1. The molecular formula is C12H11OPS. The fraction of sp³-hybridized carbons (Fsp3) is 0.167.